The maximum absolute atomic E-state index is 12.6. The Labute approximate surface area is 397 Å². The number of ether oxygens (including phenoxy) is 2. The van der Waals surface area contributed by atoms with Gasteiger partial charge in [0.2, 0.25) is 0 Å². The zero-order valence-electron chi connectivity index (χ0n) is 42.6. The first-order chi connectivity index (χ1) is 31.3. The highest BCUT2D eigenvalue weighted by Crippen LogP contribution is 2.43. The maximum atomic E-state index is 12.6. The lowest BCUT2D eigenvalue weighted by atomic mass is 10.0. The van der Waals surface area contributed by atoms with Crippen LogP contribution in [0.25, 0.3) is 0 Å². The molecule has 0 radical (unpaired) electrons. The molecule has 10 heteroatoms. The van der Waals surface area contributed by atoms with Crippen molar-refractivity contribution in [2.45, 2.75) is 309 Å². The molecule has 0 aromatic rings. The first-order valence-corrected chi connectivity index (χ1v) is 29.5. The Bertz CT molecular complexity index is 1020. The van der Waals surface area contributed by atoms with Gasteiger partial charge in [0.25, 0.3) is 0 Å². The summed E-state index contributed by atoms with van der Waals surface area (Å²) in [6.45, 7) is 3.77. The van der Waals surface area contributed by atoms with Gasteiger partial charge in [-0.15, -0.1) is 0 Å². The average Bonchev–Trinajstić information content (AvgIpc) is 3.28. The van der Waals surface area contributed by atoms with Gasteiger partial charge in [-0.25, -0.2) is 4.57 Å². The number of phosphoric acid groups is 1. The topological polar surface area (TPSA) is 134 Å². The Kier molecular flexibility index (Phi) is 50.6. The molecule has 0 bridgehead atoms. The number of carbonyl (C=O) groups excluding carboxylic acids is 2. The second-order valence-corrected chi connectivity index (χ2v) is 20.6. The first-order valence-electron chi connectivity index (χ1n) is 28.0. The van der Waals surface area contributed by atoms with Gasteiger partial charge >= 0.3 is 19.8 Å². The molecular weight excluding hydrogens is 822 g/mol. The summed E-state index contributed by atoms with van der Waals surface area (Å²) in [5.74, 6) is -0.813. The van der Waals surface area contributed by atoms with Crippen LogP contribution < -0.4 is 5.73 Å². The minimum absolute atomic E-state index is 0.0581. The zero-order chi connectivity index (χ0) is 46.7. The van der Waals surface area contributed by atoms with Crippen LogP contribution in [0.4, 0.5) is 0 Å². The maximum Gasteiger partial charge on any atom is 0.472 e. The van der Waals surface area contributed by atoms with Crippen molar-refractivity contribution in [1.29, 1.82) is 0 Å². The van der Waals surface area contributed by atoms with Crippen LogP contribution in [-0.2, 0) is 32.7 Å². The number of esters is 2. The van der Waals surface area contributed by atoms with Crippen molar-refractivity contribution in [1.82, 2.24) is 0 Å². The first kappa shape index (κ1) is 63.0. The summed E-state index contributed by atoms with van der Waals surface area (Å²) in [5, 5.41) is 0. The van der Waals surface area contributed by atoms with Crippen molar-refractivity contribution in [2.24, 2.45) is 5.73 Å². The molecule has 0 saturated carbocycles. The lowest BCUT2D eigenvalue weighted by molar-refractivity contribution is -0.161. The van der Waals surface area contributed by atoms with Crippen molar-refractivity contribution >= 4 is 19.8 Å². The molecule has 3 N–H and O–H groups in total. The second kappa shape index (κ2) is 51.4. The van der Waals surface area contributed by atoms with Crippen molar-refractivity contribution in [3.63, 3.8) is 0 Å². The highest BCUT2D eigenvalue weighted by molar-refractivity contribution is 7.47. The van der Waals surface area contributed by atoms with E-state index in [1.807, 2.05) is 0 Å². The van der Waals surface area contributed by atoms with Gasteiger partial charge in [-0.05, 0) is 12.8 Å². The van der Waals surface area contributed by atoms with E-state index in [2.05, 4.69) is 13.8 Å². The zero-order valence-corrected chi connectivity index (χ0v) is 43.4. The number of phosphoric ester groups is 1. The van der Waals surface area contributed by atoms with E-state index < -0.39 is 26.5 Å². The third-order valence-electron chi connectivity index (χ3n) is 12.7. The summed E-state index contributed by atoms with van der Waals surface area (Å²) in [5.41, 5.74) is 5.36. The van der Waals surface area contributed by atoms with Gasteiger partial charge in [0.05, 0.1) is 13.2 Å². The van der Waals surface area contributed by atoms with Crippen LogP contribution in [0, 0.1) is 0 Å². The fourth-order valence-corrected chi connectivity index (χ4v) is 9.35. The molecule has 0 aromatic carbocycles. The summed E-state index contributed by atoms with van der Waals surface area (Å²) >= 11 is 0. The van der Waals surface area contributed by atoms with Crippen LogP contribution in [0.15, 0.2) is 0 Å². The largest absolute Gasteiger partial charge is 0.472 e. The van der Waals surface area contributed by atoms with E-state index >= 15 is 0 Å². The Hall–Kier alpha value is -0.990. The Balaban J connectivity index is 3.71. The normalized spacial score (nSPS) is 13.0. The number of nitrogens with two attached hydrogens (primary N) is 1. The SMILES string of the molecule is CCCCCCCCCCCCCCCCCCCCCCCCCCCCCCCCCCCCC(=O)OC(COC(=O)CCCCCCCCCCC)COP(=O)(O)OCCN. The highest BCUT2D eigenvalue weighted by atomic mass is 31.2. The van der Waals surface area contributed by atoms with Gasteiger partial charge in [0, 0.05) is 19.4 Å². The van der Waals surface area contributed by atoms with Gasteiger partial charge in [-0.3, -0.25) is 18.6 Å². The molecule has 0 aliphatic heterocycles. The summed E-state index contributed by atoms with van der Waals surface area (Å²) in [6, 6.07) is 0. The quantitative estimate of drug-likeness (QED) is 0.0347. The van der Waals surface area contributed by atoms with E-state index in [0.717, 1.165) is 32.1 Å². The molecule has 0 rings (SSSR count). The van der Waals surface area contributed by atoms with E-state index in [-0.39, 0.29) is 38.6 Å². The number of unbranched alkanes of at least 4 members (excludes halogenated alkanes) is 41. The molecule has 0 aromatic heterocycles. The Morgan fingerprint density at radius 1 is 0.406 bits per heavy atom. The van der Waals surface area contributed by atoms with Gasteiger partial charge in [0.15, 0.2) is 6.10 Å². The number of hydrogen-bond donors (Lipinski definition) is 2. The van der Waals surface area contributed by atoms with Crippen molar-refractivity contribution in [3.8, 4) is 0 Å². The van der Waals surface area contributed by atoms with Crippen molar-refractivity contribution in [2.75, 3.05) is 26.4 Å². The second-order valence-electron chi connectivity index (χ2n) is 19.2. The van der Waals surface area contributed by atoms with Crippen LogP contribution in [-0.4, -0.2) is 49.3 Å². The third kappa shape index (κ3) is 50.4. The van der Waals surface area contributed by atoms with Gasteiger partial charge in [-0.2, -0.15) is 0 Å². The van der Waals surface area contributed by atoms with E-state index in [1.165, 1.54) is 238 Å². The summed E-state index contributed by atoms with van der Waals surface area (Å²) < 4.78 is 32.8. The average molecular weight is 930 g/mol. The number of rotatable bonds is 54. The molecule has 382 valence electrons. The summed E-state index contributed by atoms with van der Waals surface area (Å²) in [7, 11) is -4.37. The molecule has 2 atom stereocenters. The smallest absolute Gasteiger partial charge is 0.462 e. The molecule has 0 saturated heterocycles. The van der Waals surface area contributed by atoms with Crippen LogP contribution in [0.1, 0.15) is 303 Å². The molecule has 2 unspecified atom stereocenters. The van der Waals surface area contributed by atoms with Gasteiger partial charge in [0.1, 0.15) is 6.61 Å². The molecule has 0 aliphatic rings. The van der Waals surface area contributed by atoms with Crippen LogP contribution in [0.2, 0.25) is 0 Å². The fraction of sp³-hybridized carbons (Fsp3) is 0.963. The molecular formula is C54H108NO8P. The van der Waals surface area contributed by atoms with E-state index in [9.17, 15) is 19.0 Å². The Morgan fingerprint density at radius 2 is 0.672 bits per heavy atom. The standard InChI is InChI=1S/C54H108NO8P/c1-3-5-7-9-11-13-14-15-16-17-18-19-20-21-22-23-24-25-26-27-28-29-30-31-32-33-34-35-36-37-39-41-43-45-47-54(57)63-52(51-62-64(58,59)61-49-48-55)50-60-53(56)46-44-42-40-38-12-10-8-6-4-2/h52H,3-51,55H2,1-2H3,(H,58,59). The molecule has 0 heterocycles. The molecule has 0 aliphatic carbocycles. The van der Waals surface area contributed by atoms with E-state index in [1.54, 1.807) is 0 Å². The Morgan fingerprint density at radius 3 is 0.953 bits per heavy atom. The fourth-order valence-electron chi connectivity index (χ4n) is 8.58. The monoisotopic (exact) mass is 930 g/mol. The third-order valence-corrected chi connectivity index (χ3v) is 13.7. The predicted molar refractivity (Wildman–Crippen MR) is 271 cm³/mol. The van der Waals surface area contributed by atoms with Crippen LogP contribution in [0.3, 0.4) is 0 Å². The van der Waals surface area contributed by atoms with Crippen molar-refractivity contribution < 1.29 is 37.6 Å². The summed E-state index contributed by atoms with van der Waals surface area (Å²) in [6.07, 6.45) is 56.3. The number of hydrogen-bond acceptors (Lipinski definition) is 8. The predicted octanol–water partition coefficient (Wildman–Crippen LogP) is 17.1. The van der Waals surface area contributed by atoms with Crippen LogP contribution >= 0.6 is 7.82 Å². The minimum Gasteiger partial charge on any atom is -0.462 e. The lowest BCUT2D eigenvalue weighted by Crippen LogP contribution is -2.29. The summed E-state index contributed by atoms with van der Waals surface area (Å²) in [4.78, 5) is 34.9. The van der Waals surface area contributed by atoms with E-state index in [4.69, 9.17) is 24.3 Å². The van der Waals surface area contributed by atoms with Crippen LogP contribution in [0.5, 0.6) is 0 Å². The highest BCUT2D eigenvalue weighted by Gasteiger charge is 2.26. The molecule has 9 nitrogen and oxygen atoms in total. The lowest BCUT2D eigenvalue weighted by Gasteiger charge is -2.19. The van der Waals surface area contributed by atoms with Crippen molar-refractivity contribution in [3.05, 3.63) is 0 Å². The van der Waals surface area contributed by atoms with E-state index in [0.29, 0.717) is 6.42 Å². The minimum atomic E-state index is -4.37. The molecule has 0 amide bonds. The molecule has 0 spiro atoms. The number of carbonyl (C=O) groups is 2. The van der Waals surface area contributed by atoms with Gasteiger partial charge < -0.3 is 20.1 Å². The molecule has 64 heavy (non-hydrogen) atoms. The van der Waals surface area contributed by atoms with Gasteiger partial charge in [-0.1, -0.05) is 277 Å². The molecule has 0 fully saturated rings.